The summed E-state index contributed by atoms with van der Waals surface area (Å²) in [6.45, 7) is 2.60. The lowest BCUT2D eigenvalue weighted by molar-refractivity contribution is 0.0594. The first-order valence-electron chi connectivity index (χ1n) is 11.6. The molecule has 0 radical (unpaired) electrons. The molecular weight excluding hydrogens is 496 g/mol. The van der Waals surface area contributed by atoms with Gasteiger partial charge in [0.2, 0.25) is 10.0 Å². The summed E-state index contributed by atoms with van der Waals surface area (Å²) >= 11 is 6.36. The molecule has 0 spiro atoms. The van der Waals surface area contributed by atoms with Crippen LogP contribution in [0.25, 0.3) is 0 Å². The highest BCUT2D eigenvalue weighted by Crippen LogP contribution is 2.27. The molecule has 2 aliphatic rings. The van der Waals surface area contributed by atoms with Crippen molar-refractivity contribution in [2.24, 2.45) is 5.92 Å². The molecule has 1 aromatic heterocycles. The van der Waals surface area contributed by atoms with E-state index in [1.165, 1.54) is 40.4 Å². The van der Waals surface area contributed by atoms with Crippen LogP contribution >= 0.6 is 11.6 Å². The standard InChI is InChI=1S/C23H29ClN4O6S/c1-33-23(30)17-4-6-19(7-5-17)35(31,32)27-10-8-18(9-11-27)28-22(29)21(24)20(14-26-28)25-13-16-3-2-12-34-15-16/h4-7,14,16,18,25H,2-3,8-13,15H2,1H3/t16-/m1/s1. The van der Waals surface area contributed by atoms with Crippen LogP contribution in [0.2, 0.25) is 5.02 Å². The molecule has 0 amide bonds. The Hall–Kier alpha value is -2.47. The molecule has 4 rings (SSSR count). The highest BCUT2D eigenvalue weighted by atomic mass is 35.5. The zero-order valence-electron chi connectivity index (χ0n) is 19.5. The molecule has 0 bridgehead atoms. The zero-order chi connectivity index (χ0) is 25.0. The van der Waals surface area contributed by atoms with Gasteiger partial charge >= 0.3 is 5.97 Å². The number of nitrogens with zero attached hydrogens (tertiary/aromatic N) is 3. The van der Waals surface area contributed by atoms with E-state index in [1.54, 1.807) is 6.20 Å². The molecule has 190 valence electrons. The Bertz CT molecular complexity index is 1200. The van der Waals surface area contributed by atoms with Gasteiger partial charge in [0.25, 0.3) is 5.56 Å². The number of aromatic nitrogens is 2. The molecule has 1 aromatic carbocycles. The van der Waals surface area contributed by atoms with E-state index in [-0.39, 0.29) is 34.6 Å². The van der Waals surface area contributed by atoms with Crippen molar-refractivity contribution in [2.45, 2.75) is 36.6 Å². The maximum atomic E-state index is 13.0. The third-order valence-corrected chi connectivity index (χ3v) is 8.74. The fraction of sp³-hybridized carbons (Fsp3) is 0.522. The van der Waals surface area contributed by atoms with Crippen LogP contribution in [-0.4, -0.2) is 68.4 Å². The number of halogens is 1. The predicted octanol–water partition coefficient (Wildman–Crippen LogP) is 2.55. The molecule has 12 heteroatoms. The number of ether oxygens (including phenoxy) is 2. The lowest BCUT2D eigenvalue weighted by Crippen LogP contribution is -2.41. The van der Waals surface area contributed by atoms with E-state index in [0.29, 0.717) is 37.6 Å². The number of carbonyl (C=O) groups excluding carboxylic acids is 1. The van der Waals surface area contributed by atoms with Crippen LogP contribution in [0.3, 0.4) is 0 Å². The van der Waals surface area contributed by atoms with E-state index in [4.69, 9.17) is 16.3 Å². The number of benzene rings is 1. The van der Waals surface area contributed by atoms with Gasteiger partial charge in [-0.1, -0.05) is 11.6 Å². The number of sulfonamides is 1. The molecule has 1 atom stereocenters. The van der Waals surface area contributed by atoms with E-state index in [0.717, 1.165) is 19.4 Å². The first-order chi connectivity index (χ1) is 16.8. The number of hydrogen-bond donors (Lipinski definition) is 1. The summed E-state index contributed by atoms with van der Waals surface area (Å²) in [6, 6.07) is 5.38. The number of rotatable bonds is 7. The molecule has 1 N–H and O–H groups in total. The van der Waals surface area contributed by atoms with Crippen LogP contribution in [-0.2, 0) is 19.5 Å². The summed E-state index contributed by atoms with van der Waals surface area (Å²) in [5, 5.41) is 7.61. The smallest absolute Gasteiger partial charge is 0.337 e. The molecule has 10 nitrogen and oxygen atoms in total. The number of hydrogen-bond acceptors (Lipinski definition) is 8. The summed E-state index contributed by atoms with van der Waals surface area (Å²) in [4.78, 5) is 24.6. The Labute approximate surface area is 209 Å². The van der Waals surface area contributed by atoms with Gasteiger partial charge in [-0.25, -0.2) is 17.9 Å². The molecular formula is C23H29ClN4O6S. The predicted molar refractivity (Wildman–Crippen MR) is 130 cm³/mol. The van der Waals surface area contributed by atoms with Crippen molar-refractivity contribution in [3.05, 3.63) is 51.4 Å². The van der Waals surface area contributed by atoms with E-state index < -0.39 is 21.6 Å². The van der Waals surface area contributed by atoms with Gasteiger partial charge in [0.15, 0.2) is 0 Å². The van der Waals surface area contributed by atoms with E-state index >= 15 is 0 Å². The third kappa shape index (κ3) is 5.69. The number of carbonyl (C=O) groups is 1. The third-order valence-electron chi connectivity index (χ3n) is 6.46. The molecule has 3 heterocycles. The fourth-order valence-corrected chi connectivity index (χ4v) is 6.08. The minimum absolute atomic E-state index is 0.0810. The molecule has 0 unspecified atom stereocenters. The average molecular weight is 525 g/mol. The van der Waals surface area contributed by atoms with Crippen molar-refractivity contribution in [1.82, 2.24) is 14.1 Å². The summed E-state index contributed by atoms with van der Waals surface area (Å²) in [6.07, 6.45) is 4.49. The van der Waals surface area contributed by atoms with Gasteiger partial charge in [-0.15, -0.1) is 0 Å². The molecule has 0 aliphatic carbocycles. The summed E-state index contributed by atoms with van der Waals surface area (Å²) < 4.78 is 38.9. The van der Waals surface area contributed by atoms with Crippen LogP contribution in [0.5, 0.6) is 0 Å². The van der Waals surface area contributed by atoms with Crippen LogP contribution in [0.15, 0.2) is 40.2 Å². The Kier molecular flexibility index (Phi) is 8.10. The van der Waals surface area contributed by atoms with Gasteiger partial charge in [-0.2, -0.15) is 9.40 Å². The minimum Gasteiger partial charge on any atom is -0.465 e. The van der Waals surface area contributed by atoms with E-state index in [9.17, 15) is 18.0 Å². The highest BCUT2D eigenvalue weighted by molar-refractivity contribution is 7.89. The van der Waals surface area contributed by atoms with Crippen molar-refractivity contribution in [3.63, 3.8) is 0 Å². The monoisotopic (exact) mass is 524 g/mol. The maximum absolute atomic E-state index is 13.0. The number of nitrogens with one attached hydrogen (secondary N) is 1. The molecule has 2 aromatic rings. The number of anilines is 1. The lowest BCUT2D eigenvalue weighted by atomic mass is 10.0. The van der Waals surface area contributed by atoms with Gasteiger partial charge in [0.05, 0.1) is 42.1 Å². The molecule has 35 heavy (non-hydrogen) atoms. The largest absolute Gasteiger partial charge is 0.465 e. The second-order valence-corrected chi connectivity index (χ2v) is 11.1. The van der Waals surface area contributed by atoms with Crippen LogP contribution < -0.4 is 10.9 Å². The normalized spacial score (nSPS) is 19.9. The van der Waals surface area contributed by atoms with E-state index in [2.05, 4.69) is 15.2 Å². The second-order valence-electron chi connectivity index (χ2n) is 8.74. The number of methoxy groups -OCH3 is 1. The zero-order valence-corrected chi connectivity index (χ0v) is 21.1. The van der Waals surface area contributed by atoms with Crippen LogP contribution in [0.1, 0.15) is 42.1 Å². The summed E-state index contributed by atoms with van der Waals surface area (Å²) in [7, 11) is -2.47. The lowest BCUT2D eigenvalue weighted by Gasteiger charge is -2.31. The number of esters is 1. The van der Waals surface area contributed by atoms with Crippen LogP contribution in [0, 0.1) is 5.92 Å². The van der Waals surface area contributed by atoms with Crippen LogP contribution in [0.4, 0.5) is 5.69 Å². The van der Waals surface area contributed by atoms with Gasteiger partial charge in [-0.05, 0) is 55.9 Å². The van der Waals surface area contributed by atoms with Crippen molar-refractivity contribution < 1.29 is 22.7 Å². The second kappa shape index (κ2) is 11.1. The summed E-state index contributed by atoms with van der Waals surface area (Å²) in [5.74, 6) is -0.166. The van der Waals surface area contributed by atoms with Gasteiger partial charge in [-0.3, -0.25) is 4.79 Å². The van der Waals surface area contributed by atoms with Gasteiger partial charge < -0.3 is 14.8 Å². The van der Waals surface area contributed by atoms with Crippen molar-refractivity contribution in [2.75, 3.05) is 45.3 Å². The summed E-state index contributed by atoms with van der Waals surface area (Å²) in [5.41, 5.74) is 0.377. The quantitative estimate of drug-likeness (QED) is 0.549. The fourth-order valence-electron chi connectivity index (χ4n) is 4.41. The van der Waals surface area contributed by atoms with E-state index in [1.807, 2.05) is 0 Å². The topological polar surface area (TPSA) is 120 Å². The molecule has 0 saturated carbocycles. The molecule has 2 aliphatic heterocycles. The Morgan fingerprint density at radius 3 is 2.57 bits per heavy atom. The van der Waals surface area contributed by atoms with Crippen molar-refractivity contribution in [1.29, 1.82) is 0 Å². The first-order valence-corrected chi connectivity index (χ1v) is 13.4. The molecule has 2 fully saturated rings. The SMILES string of the molecule is COC(=O)c1ccc(S(=O)(=O)N2CCC(n3ncc(NC[C@H]4CCCOC4)c(Cl)c3=O)CC2)cc1. The Morgan fingerprint density at radius 2 is 1.94 bits per heavy atom. The Balaban J connectivity index is 1.39. The van der Waals surface area contributed by atoms with Gasteiger partial charge in [0, 0.05) is 26.2 Å². The maximum Gasteiger partial charge on any atom is 0.337 e. The minimum atomic E-state index is -3.73. The van der Waals surface area contributed by atoms with Crippen molar-refractivity contribution >= 4 is 33.3 Å². The molecule has 2 saturated heterocycles. The van der Waals surface area contributed by atoms with Gasteiger partial charge in [0.1, 0.15) is 5.02 Å². The average Bonchev–Trinajstić information content (AvgIpc) is 2.90. The highest BCUT2D eigenvalue weighted by Gasteiger charge is 2.31. The first kappa shape index (κ1) is 25.6. The van der Waals surface area contributed by atoms with Crippen molar-refractivity contribution in [3.8, 4) is 0 Å². The number of piperidine rings is 1. The Morgan fingerprint density at radius 1 is 1.23 bits per heavy atom.